The van der Waals surface area contributed by atoms with Crippen LogP contribution in [0.5, 0.6) is 0 Å². The second-order valence-corrected chi connectivity index (χ2v) is 6.61. The normalized spacial score (nSPS) is 14.2. The molecule has 0 saturated carbocycles. The van der Waals surface area contributed by atoms with Crippen molar-refractivity contribution in [1.29, 1.82) is 0 Å². The van der Waals surface area contributed by atoms with Crippen molar-refractivity contribution < 1.29 is 9.18 Å². The molecule has 0 atom stereocenters. The molecule has 29 heavy (non-hydrogen) atoms. The first kappa shape index (κ1) is 22.9. The zero-order chi connectivity index (χ0) is 19.9. The van der Waals surface area contributed by atoms with Crippen molar-refractivity contribution in [2.45, 2.75) is 6.54 Å². The number of piperazine rings is 1. The summed E-state index contributed by atoms with van der Waals surface area (Å²) in [7, 11) is 3.38. The number of rotatable bonds is 4. The standard InChI is InChI=1S/C21H26FN5O.HI/c1-23-20(28)17-7-5-6-16(14-17)15-25-21(24-2)27-12-10-26(11-13-27)19-9-4-3-8-18(19)22;/h3-9,14H,10-13,15H2,1-2H3,(H,23,28)(H,24,25);1H. The van der Waals surface area contributed by atoms with Crippen molar-refractivity contribution in [3.63, 3.8) is 0 Å². The molecule has 1 heterocycles. The Labute approximate surface area is 188 Å². The molecule has 1 amide bonds. The van der Waals surface area contributed by atoms with Crippen molar-refractivity contribution in [1.82, 2.24) is 15.5 Å². The molecule has 0 bridgehead atoms. The van der Waals surface area contributed by atoms with Crippen molar-refractivity contribution in [3.8, 4) is 0 Å². The molecule has 0 radical (unpaired) electrons. The third kappa shape index (κ3) is 5.81. The van der Waals surface area contributed by atoms with E-state index in [9.17, 15) is 9.18 Å². The lowest BCUT2D eigenvalue weighted by Crippen LogP contribution is -2.52. The molecule has 6 nitrogen and oxygen atoms in total. The van der Waals surface area contributed by atoms with Crippen molar-refractivity contribution in [2.75, 3.05) is 45.2 Å². The number of nitrogens with one attached hydrogen (secondary N) is 2. The fraction of sp³-hybridized carbons (Fsp3) is 0.333. The van der Waals surface area contributed by atoms with Gasteiger partial charge in [-0.2, -0.15) is 0 Å². The van der Waals surface area contributed by atoms with Gasteiger partial charge < -0.3 is 20.4 Å². The van der Waals surface area contributed by atoms with Crippen LogP contribution in [0.1, 0.15) is 15.9 Å². The van der Waals surface area contributed by atoms with E-state index in [4.69, 9.17) is 0 Å². The number of carbonyl (C=O) groups is 1. The number of guanidine groups is 1. The topological polar surface area (TPSA) is 60.0 Å². The third-order valence-electron chi connectivity index (χ3n) is 4.85. The molecule has 8 heteroatoms. The SMILES string of the molecule is CN=C(NCc1cccc(C(=O)NC)c1)N1CCN(c2ccccc2F)CC1.I. The molecule has 1 aliphatic heterocycles. The van der Waals surface area contributed by atoms with Crippen LogP contribution in [-0.4, -0.2) is 57.0 Å². The summed E-state index contributed by atoms with van der Waals surface area (Å²) >= 11 is 0. The lowest BCUT2D eigenvalue weighted by atomic mass is 10.1. The Hall–Kier alpha value is -2.36. The first-order valence-corrected chi connectivity index (χ1v) is 9.38. The minimum absolute atomic E-state index is 0. The summed E-state index contributed by atoms with van der Waals surface area (Å²) in [5.74, 6) is 0.517. The van der Waals surface area contributed by atoms with Gasteiger partial charge in [0.05, 0.1) is 5.69 Å². The number of anilines is 1. The van der Waals surface area contributed by atoms with Crippen LogP contribution in [0.15, 0.2) is 53.5 Å². The van der Waals surface area contributed by atoms with Gasteiger partial charge in [0.2, 0.25) is 0 Å². The molecule has 156 valence electrons. The molecule has 0 aliphatic carbocycles. The zero-order valence-corrected chi connectivity index (χ0v) is 19.0. The van der Waals surface area contributed by atoms with Gasteiger partial charge in [0.1, 0.15) is 5.82 Å². The quantitative estimate of drug-likeness (QED) is 0.377. The summed E-state index contributed by atoms with van der Waals surface area (Å²) in [5, 5.41) is 5.99. The first-order valence-electron chi connectivity index (χ1n) is 9.38. The van der Waals surface area contributed by atoms with E-state index in [1.54, 1.807) is 26.2 Å². The largest absolute Gasteiger partial charge is 0.366 e. The fourth-order valence-electron chi connectivity index (χ4n) is 3.35. The van der Waals surface area contributed by atoms with Gasteiger partial charge in [-0.05, 0) is 29.8 Å². The van der Waals surface area contributed by atoms with Crippen LogP contribution in [0.4, 0.5) is 10.1 Å². The highest BCUT2D eigenvalue weighted by Gasteiger charge is 2.21. The molecule has 0 spiro atoms. The summed E-state index contributed by atoms with van der Waals surface area (Å²) in [4.78, 5) is 20.4. The van der Waals surface area contributed by atoms with Gasteiger partial charge in [0, 0.05) is 52.4 Å². The second kappa shape index (κ2) is 11.0. The molecular formula is C21H27FIN5O. The number of amides is 1. The summed E-state index contributed by atoms with van der Waals surface area (Å²) in [5.41, 5.74) is 2.29. The van der Waals surface area contributed by atoms with Crippen LogP contribution in [0.3, 0.4) is 0 Å². The molecule has 0 unspecified atom stereocenters. The first-order chi connectivity index (χ1) is 13.6. The molecule has 0 aromatic heterocycles. The molecule has 1 fully saturated rings. The fourth-order valence-corrected chi connectivity index (χ4v) is 3.35. The Morgan fingerprint density at radius 1 is 1.10 bits per heavy atom. The maximum atomic E-state index is 14.0. The number of carbonyl (C=O) groups excluding carboxylic acids is 1. The van der Waals surface area contributed by atoms with E-state index < -0.39 is 0 Å². The molecule has 1 aliphatic rings. The van der Waals surface area contributed by atoms with E-state index in [-0.39, 0.29) is 35.7 Å². The van der Waals surface area contributed by atoms with E-state index in [0.29, 0.717) is 17.8 Å². The van der Waals surface area contributed by atoms with Crippen LogP contribution < -0.4 is 15.5 Å². The van der Waals surface area contributed by atoms with Crippen molar-refractivity contribution in [3.05, 3.63) is 65.5 Å². The Kier molecular flexibility index (Phi) is 8.69. The van der Waals surface area contributed by atoms with Gasteiger partial charge in [-0.15, -0.1) is 24.0 Å². The summed E-state index contributed by atoms with van der Waals surface area (Å²) in [6.45, 7) is 3.55. The van der Waals surface area contributed by atoms with Crippen LogP contribution in [0.25, 0.3) is 0 Å². The lowest BCUT2D eigenvalue weighted by Gasteiger charge is -2.37. The van der Waals surface area contributed by atoms with E-state index in [1.807, 2.05) is 30.3 Å². The van der Waals surface area contributed by atoms with Crippen molar-refractivity contribution >= 4 is 41.5 Å². The number of para-hydroxylation sites is 1. The van der Waals surface area contributed by atoms with Crippen LogP contribution in [0, 0.1) is 5.82 Å². The van der Waals surface area contributed by atoms with Crippen molar-refractivity contribution in [2.24, 2.45) is 4.99 Å². The monoisotopic (exact) mass is 511 g/mol. The third-order valence-corrected chi connectivity index (χ3v) is 4.85. The van der Waals surface area contributed by atoms with E-state index in [2.05, 4.69) is 25.4 Å². The van der Waals surface area contributed by atoms with Crippen LogP contribution in [0.2, 0.25) is 0 Å². The smallest absolute Gasteiger partial charge is 0.251 e. The second-order valence-electron chi connectivity index (χ2n) is 6.61. The number of hydrogen-bond donors (Lipinski definition) is 2. The summed E-state index contributed by atoms with van der Waals surface area (Å²) < 4.78 is 14.0. The minimum Gasteiger partial charge on any atom is -0.366 e. The molecule has 2 aromatic carbocycles. The molecule has 2 N–H and O–H groups in total. The van der Waals surface area contributed by atoms with Gasteiger partial charge >= 0.3 is 0 Å². The van der Waals surface area contributed by atoms with E-state index in [0.717, 1.165) is 37.7 Å². The predicted molar refractivity (Wildman–Crippen MR) is 126 cm³/mol. The maximum Gasteiger partial charge on any atom is 0.251 e. The van der Waals surface area contributed by atoms with E-state index in [1.165, 1.54) is 6.07 Å². The van der Waals surface area contributed by atoms with Gasteiger partial charge in [-0.3, -0.25) is 9.79 Å². The summed E-state index contributed by atoms with van der Waals surface area (Å²) in [6.07, 6.45) is 0. The van der Waals surface area contributed by atoms with Crippen LogP contribution in [-0.2, 0) is 6.54 Å². The average molecular weight is 511 g/mol. The number of benzene rings is 2. The van der Waals surface area contributed by atoms with Gasteiger partial charge in [-0.1, -0.05) is 24.3 Å². The molecular weight excluding hydrogens is 484 g/mol. The number of halogens is 2. The van der Waals surface area contributed by atoms with Gasteiger partial charge in [0.25, 0.3) is 5.91 Å². The highest BCUT2D eigenvalue weighted by Crippen LogP contribution is 2.20. The summed E-state index contributed by atoms with van der Waals surface area (Å²) in [6, 6.07) is 14.4. The highest BCUT2D eigenvalue weighted by atomic mass is 127. The Morgan fingerprint density at radius 2 is 1.83 bits per heavy atom. The average Bonchev–Trinajstić information content (AvgIpc) is 2.74. The van der Waals surface area contributed by atoms with Gasteiger partial charge in [-0.25, -0.2) is 4.39 Å². The van der Waals surface area contributed by atoms with Gasteiger partial charge in [0.15, 0.2) is 5.96 Å². The molecule has 3 rings (SSSR count). The highest BCUT2D eigenvalue weighted by molar-refractivity contribution is 14.0. The molecule has 1 saturated heterocycles. The number of aliphatic imine (C=N–C) groups is 1. The number of nitrogens with zero attached hydrogens (tertiary/aromatic N) is 3. The number of hydrogen-bond acceptors (Lipinski definition) is 3. The predicted octanol–water partition coefficient (Wildman–Crippen LogP) is 2.70. The Balaban J connectivity index is 0.00000300. The minimum atomic E-state index is -0.186. The lowest BCUT2D eigenvalue weighted by molar-refractivity contribution is 0.0963. The molecule has 2 aromatic rings. The maximum absolute atomic E-state index is 14.0. The zero-order valence-electron chi connectivity index (χ0n) is 16.7. The van der Waals surface area contributed by atoms with E-state index >= 15 is 0 Å². The van der Waals surface area contributed by atoms with Crippen LogP contribution >= 0.6 is 24.0 Å². The Bertz CT molecular complexity index is 852. The Morgan fingerprint density at radius 3 is 2.48 bits per heavy atom.